The van der Waals surface area contributed by atoms with E-state index >= 15 is 0 Å². The average molecular weight is 382 g/mol. The SMILES string of the molecule is CC(NC1CCN(C(=O)c2cccs2)CC1)c1ccccc1-n1ccnn1. The number of para-hydroxylation sites is 1. The second kappa shape index (κ2) is 8.02. The molecular weight excluding hydrogens is 358 g/mol. The molecule has 0 radical (unpaired) electrons. The van der Waals surface area contributed by atoms with Crippen LogP contribution in [0.2, 0.25) is 0 Å². The lowest BCUT2D eigenvalue weighted by atomic mass is 10.0. The Bertz CT molecular complexity index is 870. The van der Waals surface area contributed by atoms with Crippen LogP contribution in [0.4, 0.5) is 0 Å². The van der Waals surface area contributed by atoms with Crippen molar-refractivity contribution in [3.8, 4) is 5.69 Å². The summed E-state index contributed by atoms with van der Waals surface area (Å²) in [7, 11) is 0. The van der Waals surface area contributed by atoms with Crippen molar-refractivity contribution in [3.05, 3.63) is 64.6 Å². The number of hydrogen-bond acceptors (Lipinski definition) is 5. The molecule has 1 N–H and O–H groups in total. The van der Waals surface area contributed by atoms with Gasteiger partial charge in [-0.3, -0.25) is 4.79 Å². The number of carbonyl (C=O) groups is 1. The lowest BCUT2D eigenvalue weighted by molar-refractivity contribution is 0.0707. The van der Waals surface area contributed by atoms with E-state index in [0.717, 1.165) is 36.5 Å². The lowest BCUT2D eigenvalue weighted by Crippen LogP contribution is -2.45. The number of rotatable bonds is 5. The standard InChI is InChI=1S/C20H23N5OS/c1-15(17-5-2-3-6-18(17)25-13-10-21-23-25)22-16-8-11-24(12-9-16)20(26)19-7-4-14-27-19/h2-7,10,13-16,22H,8-9,11-12H2,1H3. The molecule has 1 aromatic carbocycles. The number of amides is 1. The maximum atomic E-state index is 12.5. The minimum Gasteiger partial charge on any atom is -0.338 e. The van der Waals surface area contributed by atoms with Crippen molar-refractivity contribution in [1.82, 2.24) is 25.2 Å². The van der Waals surface area contributed by atoms with E-state index in [1.54, 1.807) is 10.9 Å². The minimum atomic E-state index is 0.160. The summed E-state index contributed by atoms with van der Waals surface area (Å²) in [6.07, 6.45) is 5.48. The predicted molar refractivity (Wildman–Crippen MR) is 106 cm³/mol. The number of thiophene rings is 1. The number of aromatic nitrogens is 3. The van der Waals surface area contributed by atoms with Crippen molar-refractivity contribution in [2.24, 2.45) is 0 Å². The Morgan fingerprint density at radius 1 is 1.22 bits per heavy atom. The van der Waals surface area contributed by atoms with Gasteiger partial charge in [0.05, 0.1) is 23.0 Å². The Morgan fingerprint density at radius 3 is 2.74 bits per heavy atom. The van der Waals surface area contributed by atoms with E-state index in [4.69, 9.17) is 0 Å². The molecule has 1 amide bonds. The number of nitrogens with zero attached hydrogens (tertiary/aromatic N) is 4. The van der Waals surface area contributed by atoms with E-state index in [-0.39, 0.29) is 11.9 Å². The Morgan fingerprint density at radius 2 is 2.04 bits per heavy atom. The zero-order chi connectivity index (χ0) is 18.6. The van der Waals surface area contributed by atoms with Gasteiger partial charge in [-0.2, -0.15) is 0 Å². The molecule has 1 aliphatic heterocycles. The molecule has 1 saturated heterocycles. The van der Waals surface area contributed by atoms with Gasteiger partial charge in [0.25, 0.3) is 5.91 Å². The summed E-state index contributed by atoms with van der Waals surface area (Å²) in [6, 6.07) is 12.7. The fourth-order valence-corrected chi connectivity index (χ4v) is 4.34. The van der Waals surface area contributed by atoms with Crippen LogP contribution in [0.5, 0.6) is 0 Å². The zero-order valence-electron chi connectivity index (χ0n) is 15.3. The first-order valence-corrected chi connectivity index (χ1v) is 10.1. The molecule has 1 fully saturated rings. The van der Waals surface area contributed by atoms with Crippen molar-refractivity contribution < 1.29 is 4.79 Å². The fraction of sp³-hybridized carbons (Fsp3) is 0.350. The molecule has 27 heavy (non-hydrogen) atoms. The molecule has 0 spiro atoms. The molecule has 1 atom stereocenters. The Kier molecular flexibility index (Phi) is 5.31. The van der Waals surface area contributed by atoms with Gasteiger partial charge in [-0.1, -0.05) is 29.5 Å². The number of benzene rings is 1. The molecule has 3 aromatic rings. The highest BCUT2D eigenvalue weighted by Gasteiger charge is 2.25. The summed E-state index contributed by atoms with van der Waals surface area (Å²) in [4.78, 5) is 15.3. The topological polar surface area (TPSA) is 63.1 Å². The van der Waals surface area contributed by atoms with E-state index in [2.05, 4.69) is 40.8 Å². The van der Waals surface area contributed by atoms with E-state index in [0.29, 0.717) is 6.04 Å². The van der Waals surface area contributed by atoms with E-state index < -0.39 is 0 Å². The lowest BCUT2D eigenvalue weighted by Gasteiger charge is -2.34. The van der Waals surface area contributed by atoms with Crippen LogP contribution in [-0.4, -0.2) is 44.9 Å². The highest BCUT2D eigenvalue weighted by Crippen LogP contribution is 2.23. The van der Waals surface area contributed by atoms with Gasteiger partial charge >= 0.3 is 0 Å². The third kappa shape index (κ3) is 3.94. The van der Waals surface area contributed by atoms with Crippen LogP contribution in [0.1, 0.15) is 41.0 Å². The third-order valence-corrected chi connectivity index (χ3v) is 5.93. The second-order valence-electron chi connectivity index (χ2n) is 6.84. The fourth-order valence-electron chi connectivity index (χ4n) is 3.65. The molecule has 4 rings (SSSR count). The summed E-state index contributed by atoms with van der Waals surface area (Å²) < 4.78 is 1.80. The van der Waals surface area contributed by atoms with Crippen LogP contribution in [0.3, 0.4) is 0 Å². The van der Waals surface area contributed by atoms with Gasteiger partial charge in [-0.15, -0.1) is 16.4 Å². The smallest absolute Gasteiger partial charge is 0.263 e. The molecular formula is C20H23N5OS. The van der Waals surface area contributed by atoms with Crippen molar-refractivity contribution in [1.29, 1.82) is 0 Å². The van der Waals surface area contributed by atoms with Gasteiger partial charge in [-0.05, 0) is 42.8 Å². The monoisotopic (exact) mass is 381 g/mol. The minimum absolute atomic E-state index is 0.160. The number of carbonyl (C=O) groups excluding carboxylic acids is 1. The van der Waals surface area contributed by atoms with Crippen molar-refractivity contribution >= 4 is 17.2 Å². The molecule has 6 nitrogen and oxygen atoms in total. The number of likely N-dealkylation sites (tertiary alicyclic amines) is 1. The maximum absolute atomic E-state index is 12.5. The van der Waals surface area contributed by atoms with Crippen LogP contribution in [-0.2, 0) is 0 Å². The van der Waals surface area contributed by atoms with Crippen LogP contribution < -0.4 is 5.32 Å². The number of hydrogen-bond donors (Lipinski definition) is 1. The molecule has 0 bridgehead atoms. The number of piperidine rings is 1. The summed E-state index contributed by atoms with van der Waals surface area (Å²) in [5.74, 6) is 0.160. The highest BCUT2D eigenvalue weighted by molar-refractivity contribution is 7.12. The molecule has 140 valence electrons. The maximum Gasteiger partial charge on any atom is 0.263 e. The van der Waals surface area contributed by atoms with Gasteiger partial charge in [0.2, 0.25) is 0 Å². The largest absolute Gasteiger partial charge is 0.338 e. The van der Waals surface area contributed by atoms with Crippen LogP contribution >= 0.6 is 11.3 Å². The predicted octanol–water partition coefficient (Wildman–Crippen LogP) is 3.28. The summed E-state index contributed by atoms with van der Waals surface area (Å²) in [5.41, 5.74) is 2.24. The first-order valence-electron chi connectivity index (χ1n) is 9.27. The number of nitrogens with one attached hydrogen (secondary N) is 1. The Hall–Kier alpha value is -2.51. The van der Waals surface area contributed by atoms with Gasteiger partial charge < -0.3 is 10.2 Å². The zero-order valence-corrected chi connectivity index (χ0v) is 16.1. The van der Waals surface area contributed by atoms with Gasteiger partial charge in [0, 0.05) is 25.2 Å². The molecule has 7 heteroatoms. The van der Waals surface area contributed by atoms with Crippen molar-refractivity contribution in [3.63, 3.8) is 0 Å². The summed E-state index contributed by atoms with van der Waals surface area (Å²) >= 11 is 1.51. The van der Waals surface area contributed by atoms with Crippen molar-refractivity contribution in [2.75, 3.05) is 13.1 Å². The van der Waals surface area contributed by atoms with Crippen LogP contribution in [0, 0.1) is 0 Å². The summed E-state index contributed by atoms with van der Waals surface area (Å²) in [6.45, 7) is 3.77. The van der Waals surface area contributed by atoms with Crippen LogP contribution in [0.15, 0.2) is 54.2 Å². The third-order valence-electron chi connectivity index (χ3n) is 5.07. The quantitative estimate of drug-likeness (QED) is 0.737. The molecule has 3 heterocycles. The van der Waals surface area contributed by atoms with E-state index in [1.165, 1.54) is 16.9 Å². The normalized spacial score (nSPS) is 16.4. The first kappa shape index (κ1) is 17.9. The summed E-state index contributed by atoms with van der Waals surface area (Å²) in [5, 5.41) is 13.7. The Labute approximate surface area is 162 Å². The second-order valence-corrected chi connectivity index (χ2v) is 7.79. The molecule has 2 aromatic heterocycles. The van der Waals surface area contributed by atoms with E-state index in [9.17, 15) is 4.79 Å². The van der Waals surface area contributed by atoms with Gasteiger partial charge in [-0.25, -0.2) is 4.68 Å². The molecule has 0 aliphatic carbocycles. The molecule has 1 unspecified atom stereocenters. The molecule has 1 aliphatic rings. The Balaban J connectivity index is 1.38. The first-order chi connectivity index (χ1) is 13.2. The van der Waals surface area contributed by atoms with Gasteiger partial charge in [0.1, 0.15) is 0 Å². The van der Waals surface area contributed by atoms with E-state index in [1.807, 2.05) is 34.7 Å². The average Bonchev–Trinajstić information content (AvgIpc) is 3.42. The molecule has 0 saturated carbocycles. The highest BCUT2D eigenvalue weighted by atomic mass is 32.1. The van der Waals surface area contributed by atoms with Gasteiger partial charge in [0.15, 0.2) is 0 Å². The van der Waals surface area contributed by atoms with Crippen LogP contribution in [0.25, 0.3) is 5.69 Å². The van der Waals surface area contributed by atoms with Crippen molar-refractivity contribution in [2.45, 2.75) is 31.8 Å².